The van der Waals surface area contributed by atoms with Gasteiger partial charge < -0.3 is 16.3 Å². The van der Waals surface area contributed by atoms with E-state index in [9.17, 15) is 13.2 Å². The van der Waals surface area contributed by atoms with Gasteiger partial charge in [-0.1, -0.05) is 48.0 Å². The highest BCUT2D eigenvalue weighted by Crippen LogP contribution is 2.33. The van der Waals surface area contributed by atoms with Gasteiger partial charge in [-0.15, -0.1) is 0 Å². The molecule has 0 aliphatic rings. The van der Waals surface area contributed by atoms with Crippen LogP contribution in [0.25, 0.3) is 0 Å². The lowest BCUT2D eigenvalue weighted by molar-refractivity contribution is -0.118. The first kappa shape index (κ1) is 26.1. The number of anilines is 1. The Bertz CT molecular complexity index is 1330. The van der Waals surface area contributed by atoms with E-state index in [-0.39, 0.29) is 15.6 Å². The van der Waals surface area contributed by atoms with Crippen LogP contribution >= 0.6 is 11.6 Å². The van der Waals surface area contributed by atoms with Gasteiger partial charge in [-0.2, -0.15) is 5.10 Å². The predicted octanol–water partition coefficient (Wildman–Crippen LogP) is 3.63. The summed E-state index contributed by atoms with van der Waals surface area (Å²) in [5.41, 5.74) is 8.45. The SMILES string of the molecule is Cc1cc(OCCc2ccc(/C=N/N)cc2)cc(N(C(C)C(N)=O)S(=O)(=O)c2ccccc2Cl)c1. The van der Waals surface area contributed by atoms with Gasteiger partial charge >= 0.3 is 0 Å². The average Bonchev–Trinajstić information content (AvgIpc) is 2.80. The first-order chi connectivity index (χ1) is 16.6. The minimum atomic E-state index is -4.21. The molecule has 0 aromatic heterocycles. The lowest BCUT2D eigenvalue weighted by Gasteiger charge is -2.29. The third-order valence-corrected chi connectivity index (χ3v) is 7.69. The van der Waals surface area contributed by atoms with E-state index in [4.69, 9.17) is 27.9 Å². The maximum absolute atomic E-state index is 13.6. The number of nitrogens with two attached hydrogens (primary N) is 2. The predicted molar refractivity (Wildman–Crippen MR) is 138 cm³/mol. The van der Waals surface area contributed by atoms with E-state index in [1.54, 1.807) is 36.5 Å². The van der Waals surface area contributed by atoms with Crippen LogP contribution in [0.1, 0.15) is 23.6 Å². The molecule has 0 aliphatic carbocycles. The molecule has 0 heterocycles. The summed E-state index contributed by atoms with van der Waals surface area (Å²) >= 11 is 6.18. The van der Waals surface area contributed by atoms with Gasteiger partial charge in [0.25, 0.3) is 10.0 Å². The van der Waals surface area contributed by atoms with Crippen molar-refractivity contribution in [2.45, 2.75) is 31.2 Å². The van der Waals surface area contributed by atoms with Gasteiger partial charge in [0.15, 0.2) is 0 Å². The molecule has 3 aromatic rings. The van der Waals surface area contributed by atoms with E-state index in [0.717, 1.165) is 21.0 Å². The molecule has 0 saturated heterocycles. The second kappa shape index (κ2) is 11.2. The molecule has 0 spiro atoms. The molecule has 3 aromatic carbocycles. The van der Waals surface area contributed by atoms with E-state index in [1.165, 1.54) is 19.1 Å². The first-order valence-electron chi connectivity index (χ1n) is 10.8. The highest BCUT2D eigenvalue weighted by Gasteiger charge is 2.34. The molecule has 3 rings (SSSR count). The molecule has 184 valence electrons. The summed E-state index contributed by atoms with van der Waals surface area (Å²) in [6.45, 7) is 3.60. The summed E-state index contributed by atoms with van der Waals surface area (Å²) in [5.74, 6) is 4.83. The number of ether oxygens (including phenoxy) is 1. The van der Waals surface area contributed by atoms with Crippen molar-refractivity contribution in [3.8, 4) is 5.75 Å². The molecular weight excluding hydrogens is 488 g/mol. The van der Waals surface area contributed by atoms with Crippen LogP contribution < -0.4 is 20.6 Å². The molecule has 0 radical (unpaired) electrons. The fourth-order valence-corrected chi connectivity index (χ4v) is 5.64. The van der Waals surface area contributed by atoms with Crippen molar-refractivity contribution in [3.63, 3.8) is 0 Å². The molecule has 0 fully saturated rings. The van der Waals surface area contributed by atoms with Gasteiger partial charge in [0.05, 0.1) is 23.5 Å². The normalized spacial score (nSPS) is 12.4. The maximum atomic E-state index is 13.6. The van der Waals surface area contributed by atoms with Crippen molar-refractivity contribution in [1.82, 2.24) is 0 Å². The molecule has 1 atom stereocenters. The molecule has 10 heteroatoms. The maximum Gasteiger partial charge on any atom is 0.266 e. The Kier molecular flexibility index (Phi) is 8.37. The van der Waals surface area contributed by atoms with Gasteiger partial charge in [-0.05, 0) is 54.8 Å². The van der Waals surface area contributed by atoms with E-state index in [0.29, 0.717) is 18.8 Å². The summed E-state index contributed by atoms with van der Waals surface area (Å²) in [4.78, 5) is 12.0. The van der Waals surface area contributed by atoms with E-state index >= 15 is 0 Å². The topological polar surface area (TPSA) is 128 Å². The number of amides is 1. The number of rotatable bonds is 10. The molecule has 1 unspecified atom stereocenters. The van der Waals surface area contributed by atoms with Gasteiger partial charge in [-0.3, -0.25) is 9.10 Å². The summed E-state index contributed by atoms with van der Waals surface area (Å²) in [5, 5.41) is 3.54. The van der Waals surface area contributed by atoms with Crippen molar-refractivity contribution in [3.05, 3.63) is 88.4 Å². The van der Waals surface area contributed by atoms with Crippen molar-refractivity contribution >= 4 is 39.4 Å². The molecule has 0 aliphatic heterocycles. The summed E-state index contributed by atoms with van der Waals surface area (Å²) in [6.07, 6.45) is 2.19. The zero-order chi connectivity index (χ0) is 25.6. The van der Waals surface area contributed by atoms with E-state index in [2.05, 4.69) is 5.10 Å². The van der Waals surface area contributed by atoms with Crippen LogP contribution in [0, 0.1) is 6.92 Å². The zero-order valence-electron chi connectivity index (χ0n) is 19.4. The smallest absolute Gasteiger partial charge is 0.266 e. The summed E-state index contributed by atoms with van der Waals surface area (Å²) < 4.78 is 34.1. The Balaban J connectivity index is 1.89. The second-order valence-electron chi connectivity index (χ2n) is 7.93. The number of nitrogens with zero attached hydrogens (tertiary/aromatic N) is 2. The van der Waals surface area contributed by atoms with Crippen molar-refractivity contribution in [2.75, 3.05) is 10.9 Å². The van der Waals surface area contributed by atoms with Gasteiger partial charge in [0.1, 0.15) is 16.7 Å². The van der Waals surface area contributed by atoms with Crippen molar-refractivity contribution in [1.29, 1.82) is 0 Å². The molecule has 35 heavy (non-hydrogen) atoms. The van der Waals surface area contributed by atoms with Crippen LogP contribution in [0.15, 0.2) is 76.7 Å². The van der Waals surface area contributed by atoms with Crippen LogP contribution in [0.5, 0.6) is 5.75 Å². The molecule has 1 amide bonds. The standard InChI is InChI=1S/C25H27ClN4O4S/c1-17-13-21(15-22(14-17)34-12-11-19-7-9-20(10-8-19)16-29-28)30(18(2)25(27)31)35(32,33)24-6-4-3-5-23(24)26/h3-10,13-16,18H,11-12,28H2,1-2H3,(H2,27,31)/b29-16+. The molecule has 0 bridgehead atoms. The largest absolute Gasteiger partial charge is 0.493 e. The highest BCUT2D eigenvalue weighted by atomic mass is 35.5. The minimum Gasteiger partial charge on any atom is -0.493 e. The van der Waals surface area contributed by atoms with Gasteiger partial charge in [0, 0.05) is 12.5 Å². The summed E-state index contributed by atoms with van der Waals surface area (Å²) in [7, 11) is -4.21. The van der Waals surface area contributed by atoms with E-state index in [1.807, 2.05) is 31.2 Å². The van der Waals surface area contributed by atoms with Gasteiger partial charge in [-0.25, -0.2) is 8.42 Å². The quantitative estimate of drug-likeness (QED) is 0.242. The van der Waals surface area contributed by atoms with Crippen LogP contribution in [0.3, 0.4) is 0 Å². The Labute approximate surface area is 210 Å². The number of carbonyl (C=O) groups is 1. The summed E-state index contributed by atoms with van der Waals surface area (Å²) in [6, 6.07) is 17.6. The highest BCUT2D eigenvalue weighted by molar-refractivity contribution is 7.93. The molecular formula is C25H27ClN4O4S. The number of primary amides is 1. The minimum absolute atomic E-state index is 0.0436. The number of halogens is 1. The third-order valence-electron chi connectivity index (χ3n) is 5.29. The Hall–Kier alpha value is -3.56. The number of benzene rings is 3. The number of hydrazone groups is 1. The van der Waals surface area contributed by atoms with Crippen LogP contribution in [-0.4, -0.2) is 33.2 Å². The van der Waals surface area contributed by atoms with Crippen molar-refractivity contribution < 1.29 is 17.9 Å². The van der Waals surface area contributed by atoms with Crippen LogP contribution in [0.4, 0.5) is 5.69 Å². The molecule has 8 nitrogen and oxygen atoms in total. The number of hydrogen-bond donors (Lipinski definition) is 2. The number of sulfonamides is 1. The van der Waals surface area contributed by atoms with Crippen LogP contribution in [-0.2, 0) is 21.2 Å². The lowest BCUT2D eigenvalue weighted by Crippen LogP contribution is -2.46. The van der Waals surface area contributed by atoms with Crippen molar-refractivity contribution in [2.24, 2.45) is 16.7 Å². The Morgan fingerprint density at radius 2 is 1.83 bits per heavy atom. The monoisotopic (exact) mass is 514 g/mol. The Morgan fingerprint density at radius 3 is 2.46 bits per heavy atom. The molecule has 0 saturated carbocycles. The number of carbonyl (C=O) groups excluding carboxylic acids is 1. The van der Waals surface area contributed by atoms with Gasteiger partial charge in [0.2, 0.25) is 5.91 Å². The fraction of sp³-hybridized carbons (Fsp3) is 0.200. The average molecular weight is 515 g/mol. The zero-order valence-corrected chi connectivity index (χ0v) is 21.0. The van der Waals surface area contributed by atoms with E-state index < -0.39 is 22.0 Å². The fourth-order valence-electron chi connectivity index (χ4n) is 3.53. The van der Waals surface area contributed by atoms with Crippen LogP contribution in [0.2, 0.25) is 5.02 Å². The lowest BCUT2D eigenvalue weighted by atomic mass is 10.1. The Morgan fingerprint density at radius 1 is 1.14 bits per heavy atom. The molecule has 4 N–H and O–H groups in total. The number of hydrogen-bond acceptors (Lipinski definition) is 6. The first-order valence-corrected chi connectivity index (χ1v) is 12.6. The second-order valence-corrected chi connectivity index (χ2v) is 10.1. The third kappa shape index (κ3) is 6.32. The number of aryl methyl sites for hydroxylation is 1.